The Hall–Kier alpha value is -6.01. The average Bonchev–Trinajstić information content (AvgIpc) is 3.66. The topological polar surface area (TPSA) is 126 Å². The zero-order valence-electron chi connectivity index (χ0n) is 28.3. The van der Waals surface area contributed by atoms with E-state index in [9.17, 15) is 4.79 Å². The molecule has 0 radical (unpaired) electrons. The van der Waals surface area contributed by atoms with Gasteiger partial charge in [0, 0.05) is 37.3 Å². The third-order valence-corrected chi connectivity index (χ3v) is 9.00. The van der Waals surface area contributed by atoms with Crippen molar-refractivity contribution in [3.63, 3.8) is 0 Å². The number of nitrogens with zero attached hydrogens (tertiary/aromatic N) is 6. The predicted octanol–water partition coefficient (Wildman–Crippen LogP) is 5.77. The van der Waals surface area contributed by atoms with Crippen molar-refractivity contribution >= 4 is 22.4 Å². The molecule has 254 valence electrons. The Balaban J connectivity index is 1.07. The Bertz CT molecular complexity index is 2160. The lowest BCUT2D eigenvalue weighted by atomic mass is 9.98. The number of hydrogen-bond acceptors (Lipinski definition) is 10. The summed E-state index contributed by atoms with van der Waals surface area (Å²) in [7, 11) is 6.42. The van der Waals surface area contributed by atoms with Crippen LogP contribution in [0.3, 0.4) is 0 Å². The molecule has 0 saturated heterocycles. The van der Waals surface area contributed by atoms with Crippen LogP contribution in [-0.4, -0.2) is 77.5 Å². The third-order valence-electron chi connectivity index (χ3n) is 9.00. The Kier molecular flexibility index (Phi) is 9.26. The van der Waals surface area contributed by atoms with Crippen LogP contribution in [0.15, 0.2) is 85.1 Å². The number of pyridine rings is 1. The molecule has 1 aliphatic rings. The summed E-state index contributed by atoms with van der Waals surface area (Å²) in [6.07, 6.45) is 3.49. The van der Waals surface area contributed by atoms with E-state index < -0.39 is 0 Å². The van der Waals surface area contributed by atoms with E-state index in [1.807, 2.05) is 42.5 Å². The smallest absolute Gasteiger partial charge is 0.274 e. The minimum absolute atomic E-state index is 0.298. The Morgan fingerprint density at radius 3 is 2.28 bits per heavy atom. The van der Waals surface area contributed by atoms with Crippen molar-refractivity contribution in [3.05, 3.63) is 107 Å². The highest BCUT2D eigenvalue weighted by molar-refractivity contribution is 6.12. The SMILES string of the molecule is COc1cc2c(cc1OC)CN(CCc1ccc(-n3nnc(-c4cc(OC)c(OC)cc4NC(=O)c4nccc5ccccc45)n3)cc1)CC2. The number of anilines is 1. The number of aromatic nitrogens is 5. The molecule has 0 unspecified atom stereocenters. The van der Waals surface area contributed by atoms with Crippen molar-refractivity contribution in [1.29, 1.82) is 0 Å². The average molecular weight is 672 g/mol. The number of nitrogens with one attached hydrogen (secondary N) is 1. The summed E-state index contributed by atoms with van der Waals surface area (Å²) in [5.41, 5.74) is 5.79. The van der Waals surface area contributed by atoms with Gasteiger partial charge in [0.05, 0.1) is 45.4 Å². The largest absolute Gasteiger partial charge is 0.493 e. The van der Waals surface area contributed by atoms with E-state index in [4.69, 9.17) is 18.9 Å². The maximum absolute atomic E-state index is 13.6. The van der Waals surface area contributed by atoms with Gasteiger partial charge in [-0.2, -0.15) is 0 Å². The van der Waals surface area contributed by atoms with Crippen LogP contribution >= 0.6 is 0 Å². The van der Waals surface area contributed by atoms with E-state index in [1.165, 1.54) is 28.6 Å². The fourth-order valence-corrected chi connectivity index (χ4v) is 6.30. The lowest BCUT2D eigenvalue weighted by Gasteiger charge is -2.29. The number of amides is 1. The Morgan fingerprint density at radius 2 is 1.52 bits per heavy atom. The molecule has 0 atom stereocenters. The van der Waals surface area contributed by atoms with E-state index in [1.54, 1.807) is 39.7 Å². The molecular weight excluding hydrogens is 634 g/mol. The van der Waals surface area contributed by atoms with Crippen LogP contribution < -0.4 is 24.3 Å². The highest BCUT2D eigenvalue weighted by Crippen LogP contribution is 2.38. The molecule has 4 aromatic carbocycles. The molecule has 1 N–H and O–H groups in total. The first-order valence-corrected chi connectivity index (χ1v) is 16.2. The molecule has 0 spiro atoms. The van der Waals surface area contributed by atoms with Crippen molar-refractivity contribution in [2.45, 2.75) is 19.4 Å². The van der Waals surface area contributed by atoms with Gasteiger partial charge < -0.3 is 24.3 Å². The van der Waals surface area contributed by atoms with Crippen molar-refractivity contribution in [3.8, 4) is 40.1 Å². The van der Waals surface area contributed by atoms with E-state index in [0.29, 0.717) is 34.3 Å². The van der Waals surface area contributed by atoms with Gasteiger partial charge in [-0.1, -0.05) is 36.4 Å². The fraction of sp³-hybridized carbons (Fsp3) is 0.237. The fourth-order valence-electron chi connectivity index (χ4n) is 6.30. The molecule has 0 bridgehead atoms. The van der Waals surface area contributed by atoms with Crippen LogP contribution in [0, 0.1) is 0 Å². The van der Waals surface area contributed by atoms with Gasteiger partial charge in [-0.05, 0) is 76.5 Å². The first-order chi connectivity index (χ1) is 24.5. The molecular formula is C38H37N7O5. The summed E-state index contributed by atoms with van der Waals surface area (Å²) in [4.78, 5) is 21.9. The second-order valence-electron chi connectivity index (χ2n) is 11.9. The zero-order chi connectivity index (χ0) is 34.6. The molecule has 12 nitrogen and oxygen atoms in total. The molecule has 50 heavy (non-hydrogen) atoms. The number of carbonyl (C=O) groups is 1. The van der Waals surface area contributed by atoms with Gasteiger partial charge in [0.1, 0.15) is 5.69 Å². The van der Waals surface area contributed by atoms with Gasteiger partial charge in [-0.3, -0.25) is 14.7 Å². The normalized spacial score (nSPS) is 12.7. The van der Waals surface area contributed by atoms with E-state index in [0.717, 1.165) is 60.4 Å². The molecule has 3 heterocycles. The first kappa shape index (κ1) is 32.5. The lowest BCUT2D eigenvalue weighted by molar-refractivity contribution is 0.102. The number of benzene rings is 4. The summed E-state index contributed by atoms with van der Waals surface area (Å²) in [5, 5.41) is 18.0. The van der Waals surface area contributed by atoms with Gasteiger partial charge >= 0.3 is 0 Å². The van der Waals surface area contributed by atoms with Gasteiger partial charge in [0.25, 0.3) is 5.91 Å². The second kappa shape index (κ2) is 14.2. The summed E-state index contributed by atoms with van der Waals surface area (Å²) >= 11 is 0. The summed E-state index contributed by atoms with van der Waals surface area (Å²) in [5.74, 6) is 2.36. The van der Waals surface area contributed by atoms with E-state index >= 15 is 0 Å². The van der Waals surface area contributed by atoms with Crippen molar-refractivity contribution in [1.82, 2.24) is 30.1 Å². The maximum Gasteiger partial charge on any atom is 0.274 e. The van der Waals surface area contributed by atoms with Crippen molar-refractivity contribution in [2.24, 2.45) is 0 Å². The lowest BCUT2D eigenvalue weighted by Crippen LogP contribution is -2.32. The number of tetrazole rings is 1. The van der Waals surface area contributed by atoms with Crippen LogP contribution in [0.1, 0.15) is 27.2 Å². The molecule has 0 fully saturated rings. The van der Waals surface area contributed by atoms with Gasteiger partial charge in [0.2, 0.25) is 5.82 Å². The molecule has 2 aromatic heterocycles. The monoisotopic (exact) mass is 671 g/mol. The predicted molar refractivity (Wildman–Crippen MR) is 190 cm³/mol. The Morgan fingerprint density at radius 1 is 0.820 bits per heavy atom. The highest BCUT2D eigenvalue weighted by Gasteiger charge is 2.22. The molecule has 6 aromatic rings. The van der Waals surface area contributed by atoms with Crippen LogP contribution in [0.2, 0.25) is 0 Å². The quantitative estimate of drug-likeness (QED) is 0.182. The van der Waals surface area contributed by atoms with Crippen molar-refractivity contribution in [2.75, 3.05) is 46.8 Å². The van der Waals surface area contributed by atoms with Crippen LogP contribution in [0.4, 0.5) is 5.69 Å². The van der Waals surface area contributed by atoms with Gasteiger partial charge in [-0.15, -0.1) is 15.0 Å². The van der Waals surface area contributed by atoms with Gasteiger partial charge in [-0.25, -0.2) is 0 Å². The van der Waals surface area contributed by atoms with E-state index in [2.05, 4.69) is 54.9 Å². The van der Waals surface area contributed by atoms with Crippen LogP contribution in [-0.2, 0) is 19.4 Å². The number of ether oxygens (including phenoxy) is 4. The Labute approximate surface area is 289 Å². The number of methoxy groups -OCH3 is 4. The zero-order valence-corrected chi connectivity index (χ0v) is 28.3. The van der Waals surface area contributed by atoms with Gasteiger partial charge in [0.15, 0.2) is 23.0 Å². The van der Waals surface area contributed by atoms with Crippen LogP contribution in [0.5, 0.6) is 23.0 Å². The highest BCUT2D eigenvalue weighted by atomic mass is 16.5. The third kappa shape index (κ3) is 6.52. The molecule has 0 saturated carbocycles. The second-order valence-corrected chi connectivity index (χ2v) is 11.9. The number of hydrogen-bond donors (Lipinski definition) is 1. The minimum Gasteiger partial charge on any atom is -0.493 e. The summed E-state index contributed by atoms with van der Waals surface area (Å²) in [6.45, 7) is 2.79. The molecule has 7 rings (SSSR count). The van der Waals surface area contributed by atoms with Crippen LogP contribution in [0.25, 0.3) is 27.8 Å². The standard InChI is InChI=1S/C38H37N7O5/c1-47-32-19-26-15-18-44(23-27(26)20-33(32)48-2)17-14-24-9-11-28(12-10-24)45-42-37(41-43-45)30-21-34(49-3)35(50-4)22-31(30)40-38(46)36-29-8-6-5-7-25(29)13-16-39-36/h5-13,16,19-22H,14-15,17-18,23H2,1-4H3,(H,40,46). The molecule has 0 aliphatic carbocycles. The summed E-state index contributed by atoms with van der Waals surface area (Å²) in [6, 6.07) is 25.2. The molecule has 1 aliphatic heterocycles. The number of rotatable bonds is 11. The van der Waals surface area contributed by atoms with Crippen molar-refractivity contribution < 1.29 is 23.7 Å². The maximum atomic E-state index is 13.6. The summed E-state index contributed by atoms with van der Waals surface area (Å²) < 4.78 is 22.1. The minimum atomic E-state index is -0.382. The number of carbonyl (C=O) groups excluding carboxylic acids is 1. The first-order valence-electron chi connectivity index (χ1n) is 16.2. The molecule has 1 amide bonds. The number of fused-ring (bicyclic) bond motifs is 2. The van der Waals surface area contributed by atoms with E-state index in [-0.39, 0.29) is 5.91 Å². The molecule has 12 heteroatoms.